The number of fused-ring (bicyclic) bond motifs is 5. The molecule has 0 heterocycles. The van der Waals surface area contributed by atoms with Gasteiger partial charge in [0.25, 0.3) is 0 Å². The topological polar surface area (TPSA) is 47.0 Å². The molecule has 0 atom stereocenters. The fraction of sp³-hybridized carbons (Fsp3) is 0.0741. The van der Waals surface area contributed by atoms with E-state index in [1.807, 2.05) is 36.4 Å². The van der Waals surface area contributed by atoms with Crippen LogP contribution in [0, 0.1) is 0 Å². The number of benzene rings is 9. The highest BCUT2D eigenvalue weighted by molar-refractivity contribution is 6.22. The molecule has 272 valence electrons. The molecule has 9 aromatic rings. The molecule has 0 saturated carbocycles. The molecule has 0 spiro atoms. The molecule has 0 radical (unpaired) electrons. The van der Waals surface area contributed by atoms with E-state index in [1.54, 1.807) is 0 Å². The summed E-state index contributed by atoms with van der Waals surface area (Å²) in [7, 11) is 0. The second-order valence-corrected chi connectivity index (χ2v) is 14.9. The largest absolute Gasteiger partial charge is 0.381 e. The summed E-state index contributed by atoms with van der Waals surface area (Å²) in [5, 5.41) is 8.76. The highest BCUT2D eigenvalue weighted by atomic mass is 14.9. The maximum absolute atomic E-state index is 3.62. The van der Waals surface area contributed by atoms with E-state index in [0.29, 0.717) is 0 Å². The summed E-state index contributed by atoms with van der Waals surface area (Å²) in [5.41, 5.74) is 15.3. The number of hydrogen-bond donors (Lipinski definition) is 2. The van der Waals surface area contributed by atoms with Crippen molar-refractivity contribution in [1.82, 2.24) is 6.15 Å². The molecular weight excluding hydrogens is 677 g/mol. The molecule has 0 saturated heterocycles. The van der Waals surface area contributed by atoms with Crippen molar-refractivity contribution in [1.29, 1.82) is 0 Å². The fourth-order valence-electron chi connectivity index (χ4n) is 8.43. The van der Waals surface area contributed by atoms with Gasteiger partial charge in [0.15, 0.2) is 0 Å². The predicted octanol–water partition coefficient (Wildman–Crippen LogP) is 14.8. The number of anilines is 1. The number of rotatable bonds is 6. The van der Waals surface area contributed by atoms with Crippen LogP contribution in [0.2, 0.25) is 0 Å². The van der Waals surface area contributed by atoms with Gasteiger partial charge in [0.2, 0.25) is 0 Å². The van der Waals surface area contributed by atoms with Crippen molar-refractivity contribution in [2.45, 2.75) is 25.8 Å². The third-order valence-electron chi connectivity index (χ3n) is 11.2. The number of hydrogen-bond acceptors (Lipinski definition) is 2. The summed E-state index contributed by atoms with van der Waals surface area (Å²) in [6, 6.07) is 74.3. The first-order chi connectivity index (χ1) is 27.1. The first-order valence-electron chi connectivity index (χ1n) is 19.2. The number of para-hydroxylation sites is 1. The van der Waals surface area contributed by atoms with E-state index in [1.165, 1.54) is 82.7 Å². The molecule has 0 amide bonds. The van der Waals surface area contributed by atoms with E-state index in [-0.39, 0.29) is 11.6 Å². The summed E-state index contributed by atoms with van der Waals surface area (Å²) in [6.45, 7) is 5.52. The normalized spacial score (nSPS) is 12.2. The van der Waals surface area contributed by atoms with Crippen LogP contribution in [0.25, 0.3) is 66.1 Å². The Hall–Kier alpha value is -6.74. The zero-order chi connectivity index (χ0) is 37.2. The molecule has 0 aliphatic heterocycles. The summed E-state index contributed by atoms with van der Waals surface area (Å²) in [4.78, 5) is 0. The van der Waals surface area contributed by atoms with E-state index in [4.69, 9.17) is 0 Å². The molecule has 10 rings (SSSR count). The zero-order valence-corrected chi connectivity index (χ0v) is 32.0. The third kappa shape index (κ3) is 6.77. The van der Waals surface area contributed by atoms with Gasteiger partial charge in [0.05, 0.1) is 0 Å². The molecule has 0 bridgehead atoms. The fourth-order valence-corrected chi connectivity index (χ4v) is 8.43. The second kappa shape index (κ2) is 15.5. The Morgan fingerprint density at radius 2 is 0.875 bits per heavy atom. The summed E-state index contributed by atoms with van der Waals surface area (Å²) >= 11 is 0. The van der Waals surface area contributed by atoms with Gasteiger partial charge in [-0.1, -0.05) is 190 Å². The summed E-state index contributed by atoms with van der Waals surface area (Å²) in [5.74, 6) is 0. The minimum absolute atomic E-state index is 0. The van der Waals surface area contributed by atoms with Crippen molar-refractivity contribution >= 4 is 27.2 Å². The lowest BCUT2D eigenvalue weighted by atomic mass is 9.79. The Kier molecular flexibility index (Phi) is 10.1. The molecule has 56 heavy (non-hydrogen) atoms. The van der Waals surface area contributed by atoms with Gasteiger partial charge in [-0.05, 0) is 113 Å². The van der Waals surface area contributed by atoms with E-state index < -0.39 is 0 Å². The van der Waals surface area contributed by atoms with Crippen molar-refractivity contribution in [3.63, 3.8) is 0 Å². The van der Waals surface area contributed by atoms with Crippen LogP contribution in [0.15, 0.2) is 206 Å². The van der Waals surface area contributed by atoms with Crippen LogP contribution in [-0.4, -0.2) is 0 Å². The van der Waals surface area contributed by atoms with Gasteiger partial charge in [-0.25, -0.2) is 0 Å². The van der Waals surface area contributed by atoms with Gasteiger partial charge in [0, 0.05) is 17.6 Å². The molecule has 2 heteroatoms. The lowest BCUT2D eigenvalue weighted by Gasteiger charge is -2.24. The Morgan fingerprint density at radius 3 is 1.55 bits per heavy atom. The second-order valence-electron chi connectivity index (χ2n) is 14.9. The quantitative estimate of drug-likeness (QED) is 0.168. The molecule has 9 aromatic carbocycles. The van der Waals surface area contributed by atoms with E-state index in [2.05, 4.69) is 189 Å². The van der Waals surface area contributed by atoms with Gasteiger partial charge in [-0.3, -0.25) is 0 Å². The Bertz CT molecular complexity index is 2720. The summed E-state index contributed by atoms with van der Waals surface area (Å²) in [6.07, 6.45) is 0. The average Bonchev–Trinajstić information content (AvgIpc) is 3.48. The standard InChI is InChI=1S/C48H37N.C6H6.H3N/c1-48(2)44-23-12-11-20-38(44)41-29-42-43(30-45(41)48)47(36-17-13-14-32(28-36)31-49-37-18-7-4-8-19-37)40-22-10-9-21-39(40)46(42)35-26-24-34(25-27-35)33-15-5-3-6-16-33;1-2-4-6-5-3-1;/h3-30,49H,31H2,1-2H3;1-6H;1H3. The Labute approximate surface area is 330 Å². The van der Waals surface area contributed by atoms with Gasteiger partial charge in [-0.15, -0.1) is 0 Å². The van der Waals surface area contributed by atoms with Gasteiger partial charge >= 0.3 is 0 Å². The van der Waals surface area contributed by atoms with Crippen LogP contribution in [0.1, 0.15) is 30.5 Å². The predicted molar refractivity (Wildman–Crippen MR) is 241 cm³/mol. The minimum atomic E-state index is -0.0953. The Balaban J connectivity index is 0.000000578. The van der Waals surface area contributed by atoms with Gasteiger partial charge in [-0.2, -0.15) is 0 Å². The van der Waals surface area contributed by atoms with Crippen LogP contribution in [-0.2, 0) is 12.0 Å². The van der Waals surface area contributed by atoms with E-state index >= 15 is 0 Å². The molecule has 1 aliphatic carbocycles. The molecule has 0 aromatic heterocycles. The third-order valence-corrected chi connectivity index (χ3v) is 11.2. The van der Waals surface area contributed by atoms with Gasteiger partial charge in [0.1, 0.15) is 0 Å². The van der Waals surface area contributed by atoms with Crippen LogP contribution in [0.5, 0.6) is 0 Å². The van der Waals surface area contributed by atoms with E-state index in [9.17, 15) is 0 Å². The van der Waals surface area contributed by atoms with Crippen molar-refractivity contribution in [2.24, 2.45) is 0 Å². The summed E-state index contributed by atoms with van der Waals surface area (Å²) < 4.78 is 0. The van der Waals surface area contributed by atoms with Crippen molar-refractivity contribution < 1.29 is 0 Å². The van der Waals surface area contributed by atoms with E-state index in [0.717, 1.165) is 12.2 Å². The first-order valence-corrected chi connectivity index (χ1v) is 19.2. The van der Waals surface area contributed by atoms with Crippen molar-refractivity contribution in [2.75, 3.05) is 5.32 Å². The molecule has 4 N–H and O–H groups in total. The maximum Gasteiger partial charge on any atom is 0.0401 e. The van der Waals surface area contributed by atoms with Crippen LogP contribution in [0.4, 0.5) is 5.69 Å². The monoisotopic (exact) mass is 722 g/mol. The molecule has 0 unspecified atom stereocenters. The zero-order valence-electron chi connectivity index (χ0n) is 32.0. The highest BCUT2D eigenvalue weighted by Crippen LogP contribution is 2.53. The van der Waals surface area contributed by atoms with Crippen LogP contribution < -0.4 is 11.5 Å². The lowest BCUT2D eigenvalue weighted by molar-refractivity contribution is 0.661. The Morgan fingerprint density at radius 1 is 0.375 bits per heavy atom. The smallest absolute Gasteiger partial charge is 0.0401 e. The highest BCUT2D eigenvalue weighted by Gasteiger charge is 2.36. The average molecular weight is 723 g/mol. The first kappa shape index (κ1) is 36.2. The molecule has 0 fully saturated rings. The molecule has 1 aliphatic rings. The van der Waals surface area contributed by atoms with Crippen molar-refractivity contribution in [3.8, 4) is 44.5 Å². The van der Waals surface area contributed by atoms with Crippen LogP contribution in [0.3, 0.4) is 0 Å². The van der Waals surface area contributed by atoms with Crippen molar-refractivity contribution in [3.05, 3.63) is 223 Å². The molecule has 2 nitrogen and oxygen atoms in total. The SMILES string of the molecule is CC1(C)c2ccccc2-c2cc3c(-c4ccc(-c5ccccc5)cc4)c4ccccc4c(-c4cccc(CNc5ccccc5)c4)c3cc21.N.c1ccccc1. The maximum atomic E-state index is 3.62. The number of nitrogens with one attached hydrogen (secondary N) is 1. The lowest BCUT2D eigenvalue weighted by Crippen LogP contribution is -2.14. The van der Waals surface area contributed by atoms with Crippen LogP contribution >= 0.6 is 0 Å². The minimum Gasteiger partial charge on any atom is -0.381 e. The van der Waals surface area contributed by atoms with Gasteiger partial charge < -0.3 is 11.5 Å². The molecular formula is C54H46N2.